The van der Waals surface area contributed by atoms with Crippen molar-refractivity contribution in [1.82, 2.24) is 0 Å². The number of rotatable bonds is 46. The van der Waals surface area contributed by atoms with Crippen molar-refractivity contribution in [2.24, 2.45) is 0 Å². The molecule has 0 aromatic rings. The molecule has 0 saturated carbocycles. The first kappa shape index (κ1) is 66.7. The molecule has 1 aliphatic heterocycles. The highest BCUT2D eigenvalue weighted by molar-refractivity contribution is 5.74. The van der Waals surface area contributed by atoms with Gasteiger partial charge in [-0.05, 0) is 109 Å². The molecule has 414 valence electrons. The van der Waals surface area contributed by atoms with Gasteiger partial charge in [-0.25, -0.2) is 4.79 Å². The number of carbonyl (C=O) groups excluding carboxylic acids is 3. The fourth-order valence-corrected chi connectivity index (χ4v) is 7.84. The summed E-state index contributed by atoms with van der Waals surface area (Å²) in [5, 5.41) is 31.4. The molecule has 12 heteroatoms. The molecule has 12 nitrogen and oxygen atoms in total. The van der Waals surface area contributed by atoms with E-state index in [4.69, 9.17) is 23.7 Å². The monoisotopic (exact) mass is 1020 g/mol. The highest BCUT2D eigenvalue weighted by Crippen LogP contribution is 2.26. The molecule has 6 unspecified atom stereocenters. The van der Waals surface area contributed by atoms with Gasteiger partial charge in [-0.1, -0.05) is 182 Å². The van der Waals surface area contributed by atoms with Crippen molar-refractivity contribution in [3.8, 4) is 0 Å². The second kappa shape index (κ2) is 48.6. The van der Waals surface area contributed by atoms with Crippen molar-refractivity contribution < 1.29 is 58.2 Å². The predicted molar refractivity (Wildman–Crippen MR) is 294 cm³/mol. The van der Waals surface area contributed by atoms with Gasteiger partial charge in [-0.15, -0.1) is 0 Å². The van der Waals surface area contributed by atoms with Crippen LogP contribution in [0.5, 0.6) is 0 Å². The maximum Gasteiger partial charge on any atom is 0.335 e. The van der Waals surface area contributed by atoms with Crippen molar-refractivity contribution >= 4 is 23.9 Å². The zero-order valence-electron chi connectivity index (χ0n) is 45.3. The Morgan fingerprint density at radius 2 is 0.863 bits per heavy atom. The van der Waals surface area contributed by atoms with Crippen LogP contribution in [-0.4, -0.2) is 89.2 Å². The highest BCUT2D eigenvalue weighted by atomic mass is 16.7. The van der Waals surface area contributed by atoms with Gasteiger partial charge in [0.1, 0.15) is 18.8 Å². The van der Waals surface area contributed by atoms with Crippen LogP contribution < -0.4 is 0 Å². The van der Waals surface area contributed by atoms with Crippen LogP contribution in [0.25, 0.3) is 0 Å². The minimum atomic E-state index is -1.92. The molecular formula is C61H98O12. The van der Waals surface area contributed by atoms with E-state index in [0.29, 0.717) is 19.3 Å². The van der Waals surface area contributed by atoms with Gasteiger partial charge in [0, 0.05) is 19.3 Å². The van der Waals surface area contributed by atoms with E-state index in [0.717, 1.165) is 148 Å². The first-order valence-electron chi connectivity index (χ1n) is 28.2. The Labute approximate surface area is 441 Å². The lowest BCUT2D eigenvalue weighted by Crippen LogP contribution is -2.61. The molecule has 0 aliphatic carbocycles. The van der Waals surface area contributed by atoms with Gasteiger partial charge in [-0.3, -0.25) is 14.4 Å². The lowest BCUT2D eigenvalue weighted by atomic mass is 9.98. The largest absolute Gasteiger partial charge is 0.479 e. The average molecular weight is 1020 g/mol. The standard InChI is InChI=1S/C61H98O12/c1-4-7-10-13-16-19-22-25-26-27-28-31-32-35-38-41-44-47-53(62)69-50-52(71-54(63)48-45-42-39-36-33-29-23-20-17-14-11-8-5-2)51-70-61-59(57(66)56(65)58(73-61)60(67)68)72-55(64)49-46-43-40-37-34-30-24-21-18-15-12-9-6-3/h7,9-12,14,16,18-21,23,25-26,30,34,52,56-59,61,65-66H,4-6,8,13,15,17,22,24,27-29,31-33,35-51H2,1-3H3,(H,67,68)/b10-7-,12-9-,14-11-,19-16-,21-18-,23-20-,26-25-,34-30-. The first-order chi connectivity index (χ1) is 35.6. The molecule has 0 radical (unpaired) electrons. The minimum Gasteiger partial charge on any atom is -0.479 e. The summed E-state index contributed by atoms with van der Waals surface area (Å²) in [7, 11) is 0. The summed E-state index contributed by atoms with van der Waals surface area (Å²) in [5.74, 6) is -3.20. The van der Waals surface area contributed by atoms with E-state index in [2.05, 4.69) is 118 Å². The topological polar surface area (TPSA) is 175 Å². The Bertz CT molecular complexity index is 1640. The van der Waals surface area contributed by atoms with E-state index in [1.54, 1.807) is 0 Å². The minimum absolute atomic E-state index is 0.0185. The quantitative estimate of drug-likeness (QED) is 0.0228. The maximum absolute atomic E-state index is 13.1. The third-order valence-corrected chi connectivity index (χ3v) is 12.1. The van der Waals surface area contributed by atoms with Crippen LogP contribution >= 0.6 is 0 Å². The molecule has 0 bridgehead atoms. The number of aliphatic hydroxyl groups is 2. The molecule has 0 amide bonds. The molecule has 3 N–H and O–H groups in total. The van der Waals surface area contributed by atoms with Crippen LogP contribution in [0.15, 0.2) is 97.2 Å². The number of hydrogen-bond donors (Lipinski definition) is 3. The molecule has 1 fully saturated rings. The van der Waals surface area contributed by atoms with Gasteiger partial charge in [0.25, 0.3) is 0 Å². The lowest BCUT2D eigenvalue weighted by Gasteiger charge is -2.40. The summed E-state index contributed by atoms with van der Waals surface area (Å²) in [4.78, 5) is 51.0. The van der Waals surface area contributed by atoms with E-state index in [9.17, 15) is 34.5 Å². The van der Waals surface area contributed by atoms with Crippen LogP contribution in [0.3, 0.4) is 0 Å². The summed E-state index contributed by atoms with van der Waals surface area (Å²) in [6.45, 7) is 5.65. The molecule has 0 aromatic carbocycles. The Kier molecular flexibility index (Phi) is 44.4. The highest BCUT2D eigenvalue weighted by Gasteiger charge is 2.50. The van der Waals surface area contributed by atoms with Crippen molar-refractivity contribution in [3.63, 3.8) is 0 Å². The summed E-state index contributed by atoms with van der Waals surface area (Å²) in [6, 6.07) is 0. The molecule has 0 aromatic heterocycles. The van der Waals surface area contributed by atoms with Crippen molar-refractivity contribution in [2.75, 3.05) is 13.2 Å². The third-order valence-electron chi connectivity index (χ3n) is 12.1. The number of hydrogen-bond acceptors (Lipinski definition) is 11. The molecule has 73 heavy (non-hydrogen) atoms. The van der Waals surface area contributed by atoms with Gasteiger partial charge < -0.3 is 39.0 Å². The van der Waals surface area contributed by atoms with Crippen LogP contribution in [-0.2, 0) is 42.9 Å². The van der Waals surface area contributed by atoms with E-state index < -0.39 is 67.3 Å². The van der Waals surface area contributed by atoms with Crippen molar-refractivity contribution in [2.45, 2.75) is 250 Å². The number of aliphatic carboxylic acids is 1. The van der Waals surface area contributed by atoms with Gasteiger partial charge in [0.05, 0.1) is 6.61 Å². The number of carbonyl (C=O) groups is 4. The Balaban J connectivity index is 2.73. The van der Waals surface area contributed by atoms with Crippen LogP contribution in [0.2, 0.25) is 0 Å². The van der Waals surface area contributed by atoms with Gasteiger partial charge in [-0.2, -0.15) is 0 Å². The van der Waals surface area contributed by atoms with Gasteiger partial charge in [0.15, 0.2) is 24.6 Å². The number of esters is 3. The van der Waals surface area contributed by atoms with Crippen molar-refractivity contribution in [3.05, 3.63) is 97.2 Å². The van der Waals surface area contributed by atoms with E-state index in [1.165, 1.54) is 6.42 Å². The second-order valence-electron chi connectivity index (χ2n) is 18.8. The normalized spacial score (nSPS) is 19.1. The van der Waals surface area contributed by atoms with E-state index in [-0.39, 0.29) is 25.9 Å². The maximum atomic E-state index is 13.1. The number of unbranched alkanes of at least 4 members (excludes halogenated alkanes) is 16. The smallest absolute Gasteiger partial charge is 0.335 e. The van der Waals surface area contributed by atoms with Crippen LogP contribution in [0.1, 0.15) is 213 Å². The van der Waals surface area contributed by atoms with Gasteiger partial charge >= 0.3 is 23.9 Å². The molecule has 6 atom stereocenters. The fraction of sp³-hybridized carbons (Fsp3) is 0.672. The zero-order chi connectivity index (χ0) is 53.3. The first-order valence-corrected chi connectivity index (χ1v) is 28.2. The summed E-state index contributed by atoms with van der Waals surface area (Å²) >= 11 is 0. The van der Waals surface area contributed by atoms with Crippen LogP contribution in [0.4, 0.5) is 0 Å². The Morgan fingerprint density at radius 1 is 0.466 bits per heavy atom. The molecule has 1 saturated heterocycles. The molecule has 0 spiro atoms. The Morgan fingerprint density at radius 3 is 1.33 bits per heavy atom. The number of allylic oxidation sites excluding steroid dienone is 16. The molecule has 1 aliphatic rings. The van der Waals surface area contributed by atoms with Crippen LogP contribution in [0, 0.1) is 0 Å². The third kappa shape index (κ3) is 38.8. The lowest BCUT2D eigenvalue weighted by molar-refractivity contribution is -0.301. The summed E-state index contributed by atoms with van der Waals surface area (Å²) in [5.41, 5.74) is 0. The number of aliphatic hydroxyl groups excluding tert-OH is 2. The number of carboxylic acids is 1. The van der Waals surface area contributed by atoms with Crippen molar-refractivity contribution in [1.29, 1.82) is 0 Å². The number of ether oxygens (including phenoxy) is 5. The van der Waals surface area contributed by atoms with Gasteiger partial charge in [0.2, 0.25) is 0 Å². The van der Waals surface area contributed by atoms with E-state index in [1.807, 2.05) is 0 Å². The second-order valence-corrected chi connectivity index (χ2v) is 18.8. The Hall–Kier alpha value is -4.36. The molecule has 1 rings (SSSR count). The SMILES string of the molecule is CC/C=C\C/C=C\C/C=C\CCCCCCCCCC(=O)OCC(COC1OC(C(=O)O)C(O)C(O)C1OC(=O)CCCCC/C=C\C/C=C\C/C=C\CC)OC(=O)CCCCCCC/C=C\C/C=C\CCC. The fourth-order valence-electron chi connectivity index (χ4n) is 7.84. The number of carboxylic acid groups (broad SMARTS) is 1. The summed E-state index contributed by atoms with van der Waals surface area (Å²) in [6.07, 6.45) is 51.0. The average Bonchev–Trinajstić information content (AvgIpc) is 3.37. The summed E-state index contributed by atoms with van der Waals surface area (Å²) < 4.78 is 28.3. The van der Waals surface area contributed by atoms with E-state index >= 15 is 0 Å². The molecule has 1 heterocycles. The predicted octanol–water partition coefficient (Wildman–Crippen LogP) is 14.1. The zero-order valence-corrected chi connectivity index (χ0v) is 45.3. The molecular weight excluding hydrogens is 925 g/mol.